The Balaban J connectivity index is 2.03. The van der Waals surface area contributed by atoms with E-state index in [9.17, 15) is 18.0 Å². The maximum atomic E-state index is 12.8. The van der Waals surface area contributed by atoms with Gasteiger partial charge in [-0.2, -0.15) is 13.2 Å². The van der Waals surface area contributed by atoms with E-state index in [0.29, 0.717) is 24.4 Å². The van der Waals surface area contributed by atoms with Gasteiger partial charge < -0.3 is 10.2 Å². The molecule has 1 saturated heterocycles. The molecule has 0 saturated carbocycles. The highest BCUT2D eigenvalue weighted by Gasteiger charge is 2.42. The topological polar surface area (TPSA) is 32.3 Å². The molecule has 1 aromatic rings. The minimum atomic E-state index is -4.25. The van der Waals surface area contributed by atoms with Gasteiger partial charge in [0.05, 0.1) is 11.6 Å². The first-order valence-electron chi connectivity index (χ1n) is 7.37. The monoisotopic (exact) mass is 344 g/mol. The van der Waals surface area contributed by atoms with E-state index in [0.717, 1.165) is 4.90 Å². The van der Waals surface area contributed by atoms with Gasteiger partial charge in [0, 0.05) is 23.7 Å². The minimum absolute atomic E-state index is 0.0824. The van der Waals surface area contributed by atoms with Crippen molar-refractivity contribution in [3.8, 4) is 0 Å². The minimum Gasteiger partial charge on any atom is -0.324 e. The number of urea groups is 1. The van der Waals surface area contributed by atoms with Crippen LogP contribution in [0.25, 0.3) is 0 Å². The maximum Gasteiger partial charge on any atom is 0.393 e. The number of thioether (sulfide) groups is 1. The number of alkyl halides is 3. The van der Waals surface area contributed by atoms with Crippen molar-refractivity contribution in [2.45, 2.75) is 23.9 Å². The molecule has 0 aromatic heterocycles. The molecular formula is C16H19F3N2OS. The zero-order valence-corrected chi connectivity index (χ0v) is 13.4. The third-order valence-electron chi connectivity index (χ3n) is 3.66. The Morgan fingerprint density at radius 3 is 2.87 bits per heavy atom. The first-order valence-corrected chi connectivity index (χ1v) is 8.35. The van der Waals surface area contributed by atoms with Crippen LogP contribution in [0.2, 0.25) is 0 Å². The van der Waals surface area contributed by atoms with Crippen LogP contribution in [0, 0.1) is 5.92 Å². The van der Waals surface area contributed by atoms with E-state index in [1.807, 2.05) is 12.1 Å². The molecule has 1 aromatic carbocycles. The van der Waals surface area contributed by atoms with Gasteiger partial charge in [0.25, 0.3) is 0 Å². The predicted octanol–water partition coefficient (Wildman–Crippen LogP) is 4.77. The highest BCUT2D eigenvalue weighted by atomic mass is 32.2. The SMILES string of the molecule is C=CCSc1ccccc1NC(=O)N1CCCC(C(F)(F)F)C1. The molecule has 1 aliphatic heterocycles. The smallest absolute Gasteiger partial charge is 0.324 e. The molecule has 0 aliphatic carbocycles. The Bertz CT molecular complexity index is 563. The molecule has 1 unspecified atom stereocenters. The number of likely N-dealkylation sites (tertiary alicyclic amines) is 1. The van der Waals surface area contributed by atoms with E-state index in [-0.39, 0.29) is 13.0 Å². The summed E-state index contributed by atoms with van der Waals surface area (Å²) >= 11 is 1.51. The van der Waals surface area contributed by atoms with Crippen molar-refractivity contribution in [2.24, 2.45) is 5.92 Å². The molecule has 126 valence electrons. The largest absolute Gasteiger partial charge is 0.393 e. The van der Waals surface area contributed by atoms with Crippen molar-refractivity contribution in [2.75, 3.05) is 24.2 Å². The van der Waals surface area contributed by atoms with Gasteiger partial charge in [-0.15, -0.1) is 18.3 Å². The third-order valence-corrected chi connectivity index (χ3v) is 4.73. The lowest BCUT2D eigenvalue weighted by Gasteiger charge is -2.33. The van der Waals surface area contributed by atoms with Crippen molar-refractivity contribution in [1.82, 2.24) is 4.90 Å². The number of hydrogen-bond donors (Lipinski definition) is 1. The van der Waals surface area contributed by atoms with Crippen molar-refractivity contribution >= 4 is 23.5 Å². The Hall–Kier alpha value is -1.63. The molecule has 1 N–H and O–H groups in total. The van der Waals surface area contributed by atoms with Crippen LogP contribution in [-0.2, 0) is 0 Å². The lowest BCUT2D eigenvalue weighted by Crippen LogP contribution is -2.46. The van der Waals surface area contributed by atoms with Gasteiger partial charge >= 0.3 is 12.2 Å². The van der Waals surface area contributed by atoms with Gasteiger partial charge in [0.2, 0.25) is 0 Å². The van der Waals surface area contributed by atoms with Crippen LogP contribution in [0.5, 0.6) is 0 Å². The summed E-state index contributed by atoms with van der Waals surface area (Å²) in [6.45, 7) is 3.72. The molecule has 3 nitrogen and oxygen atoms in total. The standard InChI is InChI=1S/C16H19F3N2OS/c1-2-10-23-14-8-4-3-7-13(14)20-15(22)21-9-5-6-12(11-21)16(17,18)19/h2-4,7-8,12H,1,5-6,9-11H2,(H,20,22). The van der Waals surface area contributed by atoms with Gasteiger partial charge in [-0.1, -0.05) is 18.2 Å². The van der Waals surface area contributed by atoms with Gasteiger partial charge in [-0.3, -0.25) is 0 Å². The van der Waals surface area contributed by atoms with Crippen LogP contribution >= 0.6 is 11.8 Å². The molecule has 1 aliphatic rings. The number of hydrogen-bond acceptors (Lipinski definition) is 2. The molecule has 0 radical (unpaired) electrons. The zero-order chi connectivity index (χ0) is 16.9. The second-order valence-corrected chi connectivity index (χ2v) is 6.41. The van der Waals surface area contributed by atoms with E-state index >= 15 is 0 Å². The van der Waals surface area contributed by atoms with Gasteiger partial charge in [0.1, 0.15) is 0 Å². The Morgan fingerprint density at radius 1 is 1.43 bits per heavy atom. The average Bonchev–Trinajstić information content (AvgIpc) is 2.53. The summed E-state index contributed by atoms with van der Waals surface area (Å²) in [4.78, 5) is 14.4. The first kappa shape index (κ1) is 17.7. The van der Waals surface area contributed by atoms with Crippen LogP contribution in [0.1, 0.15) is 12.8 Å². The molecule has 1 fully saturated rings. The lowest BCUT2D eigenvalue weighted by atomic mass is 9.98. The Morgan fingerprint density at radius 2 is 2.17 bits per heavy atom. The van der Waals surface area contributed by atoms with Crippen LogP contribution in [-0.4, -0.2) is 35.9 Å². The molecule has 2 amide bonds. The van der Waals surface area contributed by atoms with E-state index in [1.54, 1.807) is 18.2 Å². The van der Waals surface area contributed by atoms with Gasteiger partial charge in [-0.05, 0) is 25.0 Å². The lowest BCUT2D eigenvalue weighted by molar-refractivity contribution is -0.183. The van der Waals surface area contributed by atoms with Crippen LogP contribution < -0.4 is 5.32 Å². The Labute approximate surface area is 137 Å². The summed E-state index contributed by atoms with van der Waals surface area (Å²) in [7, 11) is 0. The fraction of sp³-hybridized carbons (Fsp3) is 0.438. The normalized spacial score (nSPS) is 18.6. The summed E-state index contributed by atoms with van der Waals surface area (Å²) in [5.74, 6) is -0.750. The van der Waals surface area contributed by atoms with E-state index in [4.69, 9.17) is 0 Å². The number of nitrogens with one attached hydrogen (secondary N) is 1. The van der Waals surface area contributed by atoms with Gasteiger partial charge in [-0.25, -0.2) is 4.79 Å². The van der Waals surface area contributed by atoms with E-state index in [2.05, 4.69) is 11.9 Å². The summed E-state index contributed by atoms with van der Waals surface area (Å²) < 4.78 is 38.5. The molecule has 0 bridgehead atoms. The van der Waals surface area contributed by atoms with Crippen molar-refractivity contribution in [1.29, 1.82) is 0 Å². The maximum absolute atomic E-state index is 12.8. The molecule has 1 atom stereocenters. The number of anilines is 1. The van der Waals surface area contributed by atoms with E-state index < -0.39 is 18.1 Å². The zero-order valence-electron chi connectivity index (χ0n) is 12.6. The number of carbonyl (C=O) groups excluding carboxylic acids is 1. The van der Waals surface area contributed by atoms with E-state index in [1.165, 1.54) is 16.7 Å². The van der Waals surface area contributed by atoms with Crippen molar-refractivity contribution in [3.63, 3.8) is 0 Å². The second kappa shape index (κ2) is 7.77. The molecular weight excluding hydrogens is 325 g/mol. The number of carbonyl (C=O) groups is 1. The summed E-state index contributed by atoms with van der Waals surface area (Å²) in [6.07, 6.45) is -2.05. The first-order chi connectivity index (χ1) is 10.9. The number of rotatable bonds is 4. The Kier molecular flexibility index (Phi) is 5.98. The second-order valence-electron chi connectivity index (χ2n) is 5.35. The number of halogens is 3. The molecule has 0 spiro atoms. The quantitative estimate of drug-likeness (QED) is 0.630. The average molecular weight is 344 g/mol. The third kappa shape index (κ3) is 4.92. The molecule has 7 heteroatoms. The number of benzene rings is 1. The highest BCUT2D eigenvalue weighted by Crippen LogP contribution is 2.33. The molecule has 23 heavy (non-hydrogen) atoms. The predicted molar refractivity (Wildman–Crippen MR) is 86.7 cm³/mol. The number of piperidine rings is 1. The van der Waals surface area contributed by atoms with Crippen LogP contribution in [0.4, 0.5) is 23.7 Å². The van der Waals surface area contributed by atoms with Crippen LogP contribution in [0.3, 0.4) is 0 Å². The number of nitrogens with zero attached hydrogens (tertiary/aromatic N) is 1. The van der Waals surface area contributed by atoms with Crippen molar-refractivity contribution < 1.29 is 18.0 Å². The van der Waals surface area contributed by atoms with Gasteiger partial charge in [0.15, 0.2) is 0 Å². The fourth-order valence-electron chi connectivity index (χ4n) is 2.47. The highest BCUT2D eigenvalue weighted by molar-refractivity contribution is 7.99. The summed E-state index contributed by atoms with van der Waals surface area (Å²) in [5, 5.41) is 2.73. The fourth-order valence-corrected chi connectivity index (χ4v) is 3.21. The summed E-state index contributed by atoms with van der Waals surface area (Å²) in [6, 6.07) is 6.75. The molecule has 2 rings (SSSR count). The van der Waals surface area contributed by atoms with Crippen LogP contribution in [0.15, 0.2) is 41.8 Å². The molecule has 1 heterocycles. The number of para-hydroxylation sites is 1. The van der Waals surface area contributed by atoms with Crippen molar-refractivity contribution in [3.05, 3.63) is 36.9 Å². The number of amides is 2. The summed E-state index contributed by atoms with van der Waals surface area (Å²) in [5.41, 5.74) is 0.610.